The summed E-state index contributed by atoms with van der Waals surface area (Å²) in [7, 11) is 0. The average molecular weight is 272 g/mol. The largest absolute Gasteiger partial charge is 0.369 e. The van der Waals surface area contributed by atoms with Crippen molar-refractivity contribution in [3.63, 3.8) is 0 Å². The van der Waals surface area contributed by atoms with E-state index in [1.807, 2.05) is 30.5 Å². The van der Waals surface area contributed by atoms with Crippen LogP contribution < -0.4 is 4.90 Å². The standard InChI is InChI=1S/C15H17FN4/c16-15-11-14(4-6-18-15)20-9-7-19(8-10-20)12-13-3-1-2-5-17-13/h1-6,11H,7-10,12H2. The second-order valence-corrected chi connectivity index (χ2v) is 4.92. The Bertz CT molecular complexity index is 553. The molecule has 2 aromatic heterocycles. The molecule has 0 spiro atoms. The van der Waals surface area contributed by atoms with Gasteiger partial charge in [-0.2, -0.15) is 4.39 Å². The third-order valence-corrected chi connectivity index (χ3v) is 3.56. The van der Waals surface area contributed by atoms with Gasteiger partial charge in [0.1, 0.15) is 0 Å². The Morgan fingerprint density at radius 1 is 1.00 bits per heavy atom. The first-order valence-corrected chi connectivity index (χ1v) is 6.80. The lowest BCUT2D eigenvalue weighted by Crippen LogP contribution is -2.46. The zero-order chi connectivity index (χ0) is 13.8. The topological polar surface area (TPSA) is 32.3 Å². The van der Waals surface area contributed by atoms with E-state index in [1.54, 1.807) is 0 Å². The summed E-state index contributed by atoms with van der Waals surface area (Å²) >= 11 is 0. The van der Waals surface area contributed by atoms with E-state index in [0.29, 0.717) is 0 Å². The molecule has 1 aliphatic rings. The molecule has 5 heteroatoms. The van der Waals surface area contributed by atoms with Crippen LogP contribution in [-0.4, -0.2) is 41.0 Å². The summed E-state index contributed by atoms with van der Waals surface area (Å²) in [6, 6.07) is 9.34. The summed E-state index contributed by atoms with van der Waals surface area (Å²) < 4.78 is 13.1. The predicted octanol–water partition coefficient (Wildman–Crippen LogP) is 1.94. The average Bonchev–Trinajstić information content (AvgIpc) is 2.49. The van der Waals surface area contributed by atoms with Crippen molar-refractivity contribution in [2.75, 3.05) is 31.1 Å². The molecule has 0 unspecified atom stereocenters. The van der Waals surface area contributed by atoms with Crippen molar-refractivity contribution >= 4 is 5.69 Å². The fourth-order valence-electron chi connectivity index (χ4n) is 2.47. The van der Waals surface area contributed by atoms with Gasteiger partial charge in [-0.15, -0.1) is 0 Å². The third kappa shape index (κ3) is 3.11. The first-order chi connectivity index (χ1) is 9.81. The van der Waals surface area contributed by atoms with E-state index < -0.39 is 5.95 Å². The Morgan fingerprint density at radius 2 is 1.85 bits per heavy atom. The first kappa shape index (κ1) is 13.0. The third-order valence-electron chi connectivity index (χ3n) is 3.56. The van der Waals surface area contributed by atoms with Crippen LogP contribution in [0.2, 0.25) is 0 Å². The van der Waals surface area contributed by atoms with Crippen molar-refractivity contribution in [2.24, 2.45) is 0 Å². The fraction of sp³-hybridized carbons (Fsp3) is 0.333. The highest BCUT2D eigenvalue weighted by molar-refractivity contribution is 5.45. The molecule has 3 heterocycles. The molecule has 1 saturated heterocycles. The molecule has 0 N–H and O–H groups in total. The fourth-order valence-corrected chi connectivity index (χ4v) is 2.47. The molecule has 0 aromatic carbocycles. The second-order valence-electron chi connectivity index (χ2n) is 4.92. The molecule has 0 aliphatic carbocycles. The van der Waals surface area contributed by atoms with E-state index >= 15 is 0 Å². The van der Waals surface area contributed by atoms with Crippen LogP contribution in [0, 0.1) is 5.95 Å². The van der Waals surface area contributed by atoms with Crippen LogP contribution in [0.3, 0.4) is 0 Å². The number of halogens is 1. The van der Waals surface area contributed by atoms with Crippen LogP contribution >= 0.6 is 0 Å². The second kappa shape index (κ2) is 5.96. The highest BCUT2D eigenvalue weighted by atomic mass is 19.1. The Morgan fingerprint density at radius 3 is 2.55 bits per heavy atom. The van der Waals surface area contributed by atoms with Crippen LogP contribution in [0.5, 0.6) is 0 Å². The number of hydrogen-bond acceptors (Lipinski definition) is 4. The number of piperazine rings is 1. The van der Waals surface area contributed by atoms with Crippen LogP contribution in [0.1, 0.15) is 5.69 Å². The van der Waals surface area contributed by atoms with E-state index in [4.69, 9.17) is 0 Å². The van der Waals surface area contributed by atoms with Crippen molar-refractivity contribution in [3.8, 4) is 0 Å². The van der Waals surface area contributed by atoms with Crippen molar-refractivity contribution in [1.29, 1.82) is 0 Å². The van der Waals surface area contributed by atoms with Gasteiger partial charge in [-0.1, -0.05) is 6.07 Å². The zero-order valence-electron chi connectivity index (χ0n) is 11.2. The molecule has 0 atom stereocenters. The lowest BCUT2D eigenvalue weighted by Gasteiger charge is -2.35. The number of hydrogen-bond donors (Lipinski definition) is 0. The Kier molecular flexibility index (Phi) is 3.87. The van der Waals surface area contributed by atoms with Crippen LogP contribution in [0.4, 0.5) is 10.1 Å². The molecule has 1 aliphatic heterocycles. The van der Waals surface area contributed by atoms with Gasteiger partial charge in [-0.05, 0) is 18.2 Å². The number of rotatable bonds is 3. The maximum Gasteiger partial charge on any atom is 0.214 e. The maximum atomic E-state index is 13.1. The summed E-state index contributed by atoms with van der Waals surface area (Å²) in [5.41, 5.74) is 2.01. The molecule has 4 nitrogen and oxygen atoms in total. The minimum absolute atomic E-state index is 0.418. The molecule has 2 aromatic rings. The Labute approximate surface area is 117 Å². The summed E-state index contributed by atoms with van der Waals surface area (Å²) in [5.74, 6) is -0.418. The molecule has 0 radical (unpaired) electrons. The molecule has 0 bridgehead atoms. The van der Waals surface area contributed by atoms with E-state index in [0.717, 1.165) is 44.1 Å². The molecule has 3 rings (SSSR count). The summed E-state index contributed by atoms with van der Waals surface area (Å²) in [4.78, 5) is 12.5. The van der Waals surface area contributed by atoms with Crippen molar-refractivity contribution in [1.82, 2.24) is 14.9 Å². The molecule has 1 fully saturated rings. The van der Waals surface area contributed by atoms with Gasteiger partial charge in [0, 0.05) is 56.9 Å². The maximum absolute atomic E-state index is 13.1. The van der Waals surface area contributed by atoms with Crippen LogP contribution in [0.15, 0.2) is 42.7 Å². The van der Waals surface area contributed by atoms with Crippen LogP contribution in [0.25, 0.3) is 0 Å². The van der Waals surface area contributed by atoms with E-state index in [-0.39, 0.29) is 0 Å². The number of pyridine rings is 2. The minimum atomic E-state index is -0.418. The number of nitrogens with zero attached hydrogens (tertiary/aromatic N) is 4. The monoisotopic (exact) mass is 272 g/mol. The quantitative estimate of drug-likeness (QED) is 0.799. The molecule has 20 heavy (non-hydrogen) atoms. The SMILES string of the molecule is Fc1cc(N2CCN(Cc3ccccn3)CC2)ccn1. The summed E-state index contributed by atoms with van der Waals surface area (Å²) in [5, 5.41) is 0. The van der Waals surface area contributed by atoms with Crippen molar-refractivity contribution in [2.45, 2.75) is 6.54 Å². The summed E-state index contributed by atoms with van der Waals surface area (Å²) in [6.07, 6.45) is 3.34. The van der Waals surface area contributed by atoms with Crippen molar-refractivity contribution in [3.05, 3.63) is 54.4 Å². The molecule has 104 valence electrons. The van der Waals surface area contributed by atoms with Gasteiger partial charge in [-0.25, -0.2) is 4.98 Å². The Hall–Kier alpha value is -2.01. The van der Waals surface area contributed by atoms with Gasteiger partial charge in [0.25, 0.3) is 0 Å². The van der Waals surface area contributed by atoms with Gasteiger partial charge in [0.05, 0.1) is 5.69 Å². The number of anilines is 1. The summed E-state index contributed by atoms with van der Waals surface area (Å²) in [6.45, 7) is 4.59. The van der Waals surface area contributed by atoms with Gasteiger partial charge in [-0.3, -0.25) is 9.88 Å². The normalized spacial score (nSPS) is 16.4. The zero-order valence-corrected chi connectivity index (χ0v) is 11.2. The predicted molar refractivity (Wildman–Crippen MR) is 75.9 cm³/mol. The van der Waals surface area contributed by atoms with E-state index in [1.165, 1.54) is 12.3 Å². The smallest absolute Gasteiger partial charge is 0.214 e. The highest BCUT2D eigenvalue weighted by Crippen LogP contribution is 2.16. The molecular weight excluding hydrogens is 255 g/mol. The van der Waals surface area contributed by atoms with Gasteiger partial charge >= 0.3 is 0 Å². The number of aromatic nitrogens is 2. The molecular formula is C15H17FN4. The van der Waals surface area contributed by atoms with Gasteiger partial charge < -0.3 is 4.90 Å². The first-order valence-electron chi connectivity index (χ1n) is 6.80. The van der Waals surface area contributed by atoms with Gasteiger partial charge in [0.15, 0.2) is 0 Å². The molecule has 0 amide bonds. The lowest BCUT2D eigenvalue weighted by atomic mass is 10.2. The lowest BCUT2D eigenvalue weighted by molar-refractivity contribution is 0.247. The van der Waals surface area contributed by atoms with Crippen LogP contribution in [-0.2, 0) is 6.54 Å². The van der Waals surface area contributed by atoms with Crippen molar-refractivity contribution < 1.29 is 4.39 Å². The van der Waals surface area contributed by atoms with E-state index in [9.17, 15) is 4.39 Å². The minimum Gasteiger partial charge on any atom is -0.369 e. The molecule has 0 saturated carbocycles. The van der Waals surface area contributed by atoms with E-state index in [2.05, 4.69) is 19.8 Å². The van der Waals surface area contributed by atoms with Gasteiger partial charge in [0.2, 0.25) is 5.95 Å². The Balaban J connectivity index is 1.57. The highest BCUT2D eigenvalue weighted by Gasteiger charge is 2.17.